The number of phenolic OH excluding ortho intramolecular Hbond substituents is 1. The van der Waals surface area contributed by atoms with Crippen LogP contribution >= 0.6 is 15.9 Å². The molecule has 24 heteroatoms. The van der Waals surface area contributed by atoms with Crippen molar-refractivity contribution in [3.63, 3.8) is 0 Å². The number of phenols is 1. The molecular formula is C110H121BBrN3O19. The first-order valence-electron chi connectivity index (χ1n) is 46.0. The number of oxazole rings is 3. The molecule has 0 saturated carbocycles. The molecule has 11 aromatic carbocycles. The van der Waals surface area contributed by atoms with Gasteiger partial charge in [0.1, 0.15) is 124 Å². The number of nitrogens with zero attached hydrogens (tertiary/aromatic N) is 3. The fourth-order valence-electron chi connectivity index (χ4n) is 14.7. The molecule has 22 nitrogen and oxygen atoms in total. The van der Waals surface area contributed by atoms with Gasteiger partial charge in [-0.25, -0.2) is 19.7 Å². The quantitative estimate of drug-likeness (QED) is 0.0266. The zero-order chi connectivity index (χ0) is 94.6. The summed E-state index contributed by atoms with van der Waals surface area (Å²) in [5.41, 5.74) is 11.9. The third-order valence-electron chi connectivity index (χ3n) is 22.5. The van der Waals surface area contributed by atoms with Crippen molar-refractivity contribution in [1.82, 2.24) is 15.0 Å². The van der Waals surface area contributed by atoms with E-state index < -0.39 is 24.3 Å². The van der Waals surface area contributed by atoms with Crippen molar-refractivity contribution in [1.29, 1.82) is 0 Å². The van der Waals surface area contributed by atoms with E-state index in [-0.39, 0.29) is 17.1 Å². The Morgan fingerprint density at radius 1 is 0.373 bits per heavy atom. The number of carboxylic acids is 1. The summed E-state index contributed by atoms with van der Waals surface area (Å²) in [4.78, 5) is 24.3. The van der Waals surface area contributed by atoms with Crippen LogP contribution in [0.1, 0.15) is 174 Å². The summed E-state index contributed by atoms with van der Waals surface area (Å²) in [5.74, 6) is 10.1. The Morgan fingerprint density at radius 3 is 1.13 bits per heavy atom. The normalized spacial score (nSPS) is 12.2. The largest absolute Gasteiger partial charge is 0.507 e. The van der Waals surface area contributed by atoms with Crippen LogP contribution in [0.25, 0.3) is 22.9 Å². The Hall–Kier alpha value is -13.4. The van der Waals surface area contributed by atoms with Gasteiger partial charge >= 0.3 is 13.1 Å². The number of aromatic carboxylic acids is 1. The second-order valence-electron chi connectivity index (χ2n) is 32.8. The molecule has 1 fully saturated rings. The highest BCUT2D eigenvalue weighted by molar-refractivity contribution is 9.10. The van der Waals surface area contributed by atoms with Crippen LogP contribution in [0, 0.1) is 13.8 Å². The molecule has 134 heavy (non-hydrogen) atoms. The Bertz CT molecular complexity index is 5960. The molecule has 0 amide bonds. The summed E-state index contributed by atoms with van der Waals surface area (Å²) in [5, 5.41) is 19.9. The molecule has 15 rings (SSSR count). The van der Waals surface area contributed by atoms with Gasteiger partial charge in [0, 0.05) is 75.5 Å². The number of halogens is 1. The summed E-state index contributed by atoms with van der Waals surface area (Å²) in [6.45, 7) is 28.8. The summed E-state index contributed by atoms with van der Waals surface area (Å²) in [6, 6.07) is 72.1. The van der Waals surface area contributed by atoms with E-state index in [0.29, 0.717) is 117 Å². The summed E-state index contributed by atoms with van der Waals surface area (Å²) >= 11 is 3.00. The fourth-order valence-corrected chi connectivity index (χ4v) is 14.9. The number of aromatic hydroxyl groups is 1. The Morgan fingerprint density at radius 2 is 0.731 bits per heavy atom. The highest BCUT2D eigenvalue weighted by atomic mass is 79.9. The van der Waals surface area contributed by atoms with E-state index in [4.69, 9.17) is 70.2 Å². The number of hydrogen-bond donors (Lipinski definition) is 2. The van der Waals surface area contributed by atoms with E-state index in [9.17, 15) is 15.0 Å². The first-order valence-corrected chi connectivity index (χ1v) is 46.8. The third kappa shape index (κ3) is 27.9. The first-order chi connectivity index (χ1) is 65.2. The molecule has 0 radical (unpaired) electrons. The highest BCUT2D eigenvalue weighted by Gasteiger charge is 2.53. The number of rotatable bonds is 43. The molecule has 2 N–H and O–H groups in total. The van der Waals surface area contributed by atoms with Crippen LogP contribution in [0.15, 0.2) is 280 Å². The fraction of sp³-hybridized carbons (Fsp3) is 0.309. The molecule has 3 aromatic heterocycles. The minimum atomic E-state index is -1.04. The molecule has 1 aliphatic heterocycles. The molecule has 0 aliphatic carbocycles. The van der Waals surface area contributed by atoms with Crippen LogP contribution in [0.2, 0.25) is 0 Å². The average molecular weight is 1880 g/mol. The minimum absolute atomic E-state index is 0.0430. The van der Waals surface area contributed by atoms with E-state index in [2.05, 4.69) is 148 Å². The number of carboxylic acid groups (broad SMARTS) is 1. The van der Waals surface area contributed by atoms with Gasteiger partial charge in [-0.15, -0.1) is 0 Å². The molecule has 14 aromatic rings. The monoisotopic (exact) mass is 1880 g/mol. The van der Waals surface area contributed by atoms with E-state index in [0.717, 1.165) is 177 Å². The van der Waals surface area contributed by atoms with Crippen LogP contribution in [0.5, 0.6) is 86.2 Å². The second kappa shape index (κ2) is 50.4. The summed E-state index contributed by atoms with van der Waals surface area (Å²) in [6.07, 6.45) is 19.0. The van der Waals surface area contributed by atoms with Gasteiger partial charge < -0.3 is 84.9 Å². The van der Waals surface area contributed by atoms with E-state index in [1.807, 2.05) is 165 Å². The molecule has 1 aliphatic rings. The SMILES string of the molecule is Brc1ncco1.CCCc1c(OCCCOc2cc(O)c(-c3ncco3)cc2CC)cccc1Oc1ccccc1C(=O)O.CCCc1c(OCCCOc2cc(OCc3ccccc3)c(-c3ncco3)cc2CC)cccc1Oc1ccccc1C.CCCc1c(OCCCOc2cc(OCc3ccccc3)c(B3OC(C)(C)C(C)(C)O3)cc2CC)cccc1Oc1ccccc1C. The van der Waals surface area contributed by atoms with Crippen molar-refractivity contribution < 1.29 is 89.7 Å². The molecule has 0 atom stereocenters. The van der Waals surface area contributed by atoms with E-state index in [1.54, 1.807) is 42.9 Å². The Balaban J connectivity index is 0.000000176. The van der Waals surface area contributed by atoms with Gasteiger partial charge in [-0.2, -0.15) is 0 Å². The number of para-hydroxylation sites is 3. The van der Waals surface area contributed by atoms with Crippen LogP contribution in [0.4, 0.5) is 0 Å². The predicted octanol–water partition coefficient (Wildman–Crippen LogP) is 26.8. The lowest BCUT2D eigenvalue weighted by Gasteiger charge is -2.32. The van der Waals surface area contributed by atoms with Gasteiger partial charge in [-0.3, -0.25) is 0 Å². The maximum Gasteiger partial charge on any atom is 0.498 e. The second-order valence-corrected chi connectivity index (χ2v) is 33.5. The minimum Gasteiger partial charge on any atom is -0.507 e. The van der Waals surface area contributed by atoms with Gasteiger partial charge in [-0.1, -0.05) is 194 Å². The van der Waals surface area contributed by atoms with Crippen molar-refractivity contribution >= 4 is 34.5 Å². The van der Waals surface area contributed by atoms with Crippen molar-refractivity contribution in [2.24, 2.45) is 0 Å². The van der Waals surface area contributed by atoms with Gasteiger partial charge in [0.15, 0.2) is 0 Å². The Kier molecular flexibility index (Phi) is 37.5. The molecule has 0 unspecified atom stereocenters. The molecule has 4 heterocycles. The number of aryl methyl sites for hydroxylation is 5. The standard InChI is InChI=1S/C40H49BO6.C37H39NO5.C30H31NO7.C3H2BrNO/c1-8-17-32-35(22-15-23-36(32)45-34-21-14-13-18-29(34)3)42-24-16-25-43-37-27-38(44-28-30-19-11-10-12-20-30)33(26-31(37)9-2)41-46-39(4,5)40(6,7)47-41;1-4-13-30-33(18-11-19-34(30)43-32-17-10-9-14-27(32)3)39-21-12-22-40-35-25-36(42-26-28-15-7-6-8-16-28)31(24-29(35)5-2)37-38-20-23-41-37;1-3-9-21-25(12-7-13-26(21)38-27-11-6-5-10-22(27)30(33)34)35-15-8-16-36-28-19-24(32)23(18-20(28)4-2)29-31-14-17-37-29;4-3-5-1-2-6-3/h10-15,18-23,26-27H,8-9,16-17,24-25,28H2,1-7H3;6-11,14-20,23-25H,4-5,12-13,21-22,26H2,1-3H3;5-7,10-14,17-19,32H,3-4,8-9,15-16H2,1-2H3,(H,33,34);1-2H. The predicted molar refractivity (Wildman–Crippen MR) is 526 cm³/mol. The van der Waals surface area contributed by atoms with Crippen molar-refractivity contribution in [3.8, 4) is 109 Å². The van der Waals surface area contributed by atoms with Gasteiger partial charge in [0.2, 0.25) is 11.8 Å². The number of aromatic nitrogens is 3. The smallest absolute Gasteiger partial charge is 0.498 e. The van der Waals surface area contributed by atoms with Crippen LogP contribution in [-0.2, 0) is 61.0 Å². The maximum atomic E-state index is 11.6. The van der Waals surface area contributed by atoms with Crippen LogP contribution in [0.3, 0.4) is 0 Å². The highest BCUT2D eigenvalue weighted by Crippen LogP contribution is 2.43. The van der Waals surface area contributed by atoms with Crippen LogP contribution < -0.4 is 57.6 Å². The van der Waals surface area contributed by atoms with Crippen molar-refractivity contribution in [2.75, 3.05) is 39.6 Å². The molecule has 0 bridgehead atoms. The van der Waals surface area contributed by atoms with Crippen LogP contribution in [-0.4, -0.2) is 89.1 Å². The van der Waals surface area contributed by atoms with Crippen molar-refractivity contribution in [3.05, 3.63) is 328 Å². The Labute approximate surface area is 795 Å². The lowest BCUT2D eigenvalue weighted by atomic mass is 9.77. The number of ether oxygens (including phenoxy) is 11. The summed E-state index contributed by atoms with van der Waals surface area (Å²) in [7, 11) is -0.540. The summed E-state index contributed by atoms with van der Waals surface area (Å²) < 4.78 is 97.1. The topological polar surface area (TPSA) is 256 Å². The number of hydrogen-bond acceptors (Lipinski definition) is 21. The zero-order valence-corrected chi connectivity index (χ0v) is 80.2. The van der Waals surface area contributed by atoms with Crippen molar-refractivity contribution in [2.45, 2.75) is 185 Å². The van der Waals surface area contributed by atoms with Gasteiger partial charge in [0.25, 0.3) is 4.80 Å². The maximum absolute atomic E-state index is 11.6. The molecule has 0 spiro atoms. The number of benzene rings is 11. The van der Waals surface area contributed by atoms with E-state index in [1.165, 1.54) is 24.8 Å². The van der Waals surface area contributed by atoms with Gasteiger partial charge in [-0.05, 0) is 192 Å². The lowest BCUT2D eigenvalue weighted by molar-refractivity contribution is 0.00578. The molecule has 700 valence electrons. The molecule has 1 saturated heterocycles. The zero-order valence-electron chi connectivity index (χ0n) is 78.6. The third-order valence-corrected chi connectivity index (χ3v) is 22.9. The molecular weight excluding hydrogens is 1760 g/mol. The number of carbonyl (C=O) groups is 1. The average Bonchev–Trinajstić information content (AvgIpc) is 1.61. The van der Waals surface area contributed by atoms with E-state index >= 15 is 0 Å². The first kappa shape index (κ1) is 99.6. The van der Waals surface area contributed by atoms with Gasteiger partial charge in [0.05, 0.1) is 80.6 Å². The lowest BCUT2D eigenvalue weighted by Crippen LogP contribution is -2.41.